The predicted octanol–water partition coefficient (Wildman–Crippen LogP) is 3.54. The number of hydrogen-bond acceptors (Lipinski definition) is 4. The second-order valence-electron chi connectivity index (χ2n) is 5.81. The van der Waals surface area contributed by atoms with E-state index in [1.54, 1.807) is 12.3 Å². The Morgan fingerprint density at radius 2 is 1.88 bits per heavy atom. The minimum absolute atomic E-state index is 0. The van der Waals surface area contributed by atoms with E-state index in [0.717, 1.165) is 31.7 Å². The lowest BCUT2D eigenvalue weighted by molar-refractivity contribution is -0.120. The summed E-state index contributed by atoms with van der Waals surface area (Å²) in [6, 6.07) is 11.4. The molecule has 0 radical (unpaired) electrons. The van der Waals surface area contributed by atoms with Gasteiger partial charge in [0.15, 0.2) is 0 Å². The maximum absolute atomic E-state index is 12.2. The number of hydrogen-bond donors (Lipinski definition) is 2. The molecule has 5 nitrogen and oxygen atoms in total. The summed E-state index contributed by atoms with van der Waals surface area (Å²) in [5.41, 5.74) is 1.88. The van der Waals surface area contributed by atoms with E-state index in [1.807, 2.05) is 37.3 Å². The number of ether oxygens (including phenoxy) is 1. The van der Waals surface area contributed by atoms with Crippen molar-refractivity contribution in [2.45, 2.75) is 19.8 Å². The van der Waals surface area contributed by atoms with Crippen LogP contribution in [0.15, 0.2) is 42.6 Å². The molecule has 0 bridgehead atoms. The van der Waals surface area contributed by atoms with Crippen molar-refractivity contribution in [3.63, 3.8) is 0 Å². The van der Waals surface area contributed by atoms with Gasteiger partial charge in [-0.2, -0.15) is 0 Å². The van der Waals surface area contributed by atoms with E-state index >= 15 is 0 Å². The molecule has 3 rings (SSSR count). The Morgan fingerprint density at radius 3 is 2.50 bits per heavy atom. The number of piperidine rings is 1. The number of anilines is 1. The van der Waals surface area contributed by atoms with Crippen LogP contribution in [0.5, 0.6) is 11.6 Å². The van der Waals surface area contributed by atoms with Crippen molar-refractivity contribution in [3.05, 3.63) is 48.2 Å². The second kappa shape index (κ2) is 8.66. The van der Waals surface area contributed by atoms with Gasteiger partial charge in [0.1, 0.15) is 5.75 Å². The summed E-state index contributed by atoms with van der Waals surface area (Å²) in [4.78, 5) is 16.4. The van der Waals surface area contributed by atoms with Crippen LogP contribution in [0.1, 0.15) is 18.4 Å². The summed E-state index contributed by atoms with van der Waals surface area (Å²) in [6.07, 6.45) is 3.39. The van der Waals surface area contributed by atoms with Crippen LogP contribution in [-0.2, 0) is 4.79 Å². The van der Waals surface area contributed by atoms with Gasteiger partial charge in [0.2, 0.25) is 11.8 Å². The van der Waals surface area contributed by atoms with Crippen LogP contribution in [0.3, 0.4) is 0 Å². The molecule has 0 unspecified atom stereocenters. The summed E-state index contributed by atoms with van der Waals surface area (Å²) in [5, 5.41) is 6.18. The molecule has 2 N–H and O–H groups in total. The van der Waals surface area contributed by atoms with Crippen molar-refractivity contribution in [2.75, 3.05) is 18.4 Å². The van der Waals surface area contributed by atoms with Crippen molar-refractivity contribution in [1.82, 2.24) is 10.3 Å². The lowest BCUT2D eigenvalue weighted by atomic mass is 9.97. The van der Waals surface area contributed by atoms with Crippen molar-refractivity contribution in [2.24, 2.45) is 5.92 Å². The Kier molecular flexibility index (Phi) is 6.58. The van der Waals surface area contributed by atoms with Crippen molar-refractivity contribution in [3.8, 4) is 11.6 Å². The zero-order valence-corrected chi connectivity index (χ0v) is 14.4. The largest absolute Gasteiger partial charge is 0.439 e. The Bertz CT molecular complexity index is 653. The molecule has 1 aliphatic heterocycles. The maximum atomic E-state index is 12.2. The average molecular weight is 348 g/mol. The molecule has 0 saturated carbocycles. The van der Waals surface area contributed by atoms with Crippen LogP contribution in [0.2, 0.25) is 0 Å². The zero-order chi connectivity index (χ0) is 16.1. The molecule has 0 spiro atoms. The van der Waals surface area contributed by atoms with Gasteiger partial charge < -0.3 is 15.4 Å². The Hall–Kier alpha value is -2.11. The lowest BCUT2D eigenvalue weighted by Gasteiger charge is -2.21. The highest BCUT2D eigenvalue weighted by Gasteiger charge is 2.20. The quantitative estimate of drug-likeness (QED) is 0.888. The third-order valence-corrected chi connectivity index (χ3v) is 3.96. The Balaban J connectivity index is 0.00000208. The molecule has 2 aromatic rings. The highest BCUT2D eigenvalue weighted by molar-refractivity contribution is 5.92. The lowest BCUT2D eigenvalue weighted by Crippen LogP contribution is -2.34. The van der Waals surface area contributed by atoms with Gasteiger partial charge in [0.25, 0.3) is 0 Å². The number of nitrogens with one attached hydrogen (secondary N) is 2. The van der Waals surface area contributed by atoms with Gasteiger partial charge in [0, 0.05) is 12.0 Å². The van der Waals surface area contributed by atoms with Gasteiger partial charge in [-0.3, -0.25) is 4.79 Å². The van der Waals surface area contributed by atoms with Crippen LogP contribution >= 0.6 is 12.4 Å². The monoisotopic (exact) mass is 347 g/mol. The van der Waals surface area contributed by atoms with Crippen LogP contribution < -0.4 is 15.4 Å². The maximum Gasteiger partial charge on any atom is 0.227 e. The summed E-state index contributed by atoms with van der Waals surface area (Å²) in [5.74, 6) is 1.41. The minimum atomic E-state index is 0. The highest BCUT2D eigenvalue weighted by Crippen LogP contribution is 2.21. The van der Waals surface area contributed by atoms with Crippen LogP contribution in [-0.4, -0.2) is 24.0 Å². The van der Waals surface area contributed by atoms with E-state index in [2.05, 4.69) is 15.6 Å². The Labute approximate surface area is 148 Å². The van der Waals surface area contributed by atoms with Crippen LogP contribution in [0.4, 0.5) is 5.69 Å². The van der Waals surface area contributed by atoms with E-state index in [-0.39, 0.29) is 24.2 Å². The number of aryl methyl sites for hydroxylation is 1. The summed E-state index contributed by atoms with van der Waals surface area (Å²) in [7, 11) is 0. The first kappa shape index (κ1) is 18.2. The SMILES string of the molecule is Cc1ccc(Oc2ccc(NC(=O)C3CCNCC3)cn2)cc1.Cl. The molecule has 6 heteroatoms. The molecule has 2 heterocycles. The standard InChI is InChI=1S/C18H21N3O2.ClH/c1-13-2-5-16(6-3-13)23-17-7-4-15(12-20-17)21-18(22)14-8-10-19-11-9-14;/h2-7,12,14,19H,8-11H2,1H3,(H,21,22);1H. The molecular weight excluding hydrogens is 326 g/mol. The fraction of sp³-hybridized carbons (Fsp3) is 0.333. The number of amides is 1. The number of rotatable bonds is 4. The van der Waals surface area contributed by atoms with E-state index in [1.165, 1.54) is 5.56 Å². The molecule has 1 aliphatic rings. The third kappa shape index (κ3) is 4.94. The van der Waals surface area contributed by atoms with Gasteiger partial charge in [-0.25, -0.2) is 4.98 Å². The van der Waals surface area contributed by atoms with E-state index in [4.69, 9.17) is 4.74 Å². The van der Waals surface area contributed by atoms with Gasteiger partial charge >= 0.3 is 0 Å². The van der Waals surface area contributed by atoms with Crippen molar-refractivity contribution < 1.29 is 9.53 Å². The smallest absolute Gasteiger partial charge is 0.227 e. The normalized spacial score (nSPS) is 14.5. The summed E-state index contributed by atoms with van der Waals surface area (Å²) >= 11 is 0. The van der Waals surface area contributed by atoms with Crippen LogP contribution in [0.25, 0.3) is 0 Å². The zero-order valence-electron chi connectivity index (χ0n) is 13.6. The molecule has 1 fully saturated rings. The van der Waals surface area contributed by atoms with Gasteiger partial charge in [-0.05, 0) is 51.1 Å². The fourth-order valence-electron chi connectivity index (χ4n) is 2.57. The third-order valence-electron chi connectivity index (χ3n) is 3.96. The van der Waals surface area contributed by atoms with Crippen LogP contribution in [0, 0.1) is 12.8 Å². The highest BCUT2D eigenvalue weighted by atomic mass is 35.5. The second-order valence-corrected chi connectivity index (χ2v) is 5.81. The predicted molar refractivity (Wildman–Crippen MR) is 97.0 cm³/mol. The molecule has 1 amide bonds. The topological polar surface area (TPSA) is 63.2 Å². The first-order valence-electron chi connectivity index (χ1n) is 7.93. The number of benzene rings is 1. The van der Waals surface area contributed by atoms with Gasteiger partial charge in [0.05, 0.1) is 11.9 Å². The number of carbonyl (C=O) groups excluding carboxylic acids is 1. The fourth-order valence-corrected chi connectivity index (χ4v) is 2.57. The summed E-state index contributed by atoms with van der Waals surface area (Å²) < 4.78 is 5.68. The molecular formula is C18H22ClN3O2. The molecule has 1 aromatic carbocycles. The number of carbonyl (C=O) groups is 1. The molecule has 128 valence electrons. The average Bonchev–Trinajstić information content (AvgIpc) is 2.59. The minimum Gasteiger partial charge on any atom is -0.439 e. The molecule has 0 atom stereocenters. The molecule has 1 aromatic heterocycles. The van der Waals surface area contributed by atoms with Gasteiger partial charge in [-0.15, -0.1) is 12.4 Å². The molecule has 1 saturated heterocycles. The van der Waals surface area contributed by atoms with Crippen molar-refractivity contribution in [1.29, 1.82) is 0 Å². The van der Waals surface area contributed by atoms with E-state index in [9.17, 15) is 4.79 Å². The molecule has 0 aliphatic carbocycles. The first-order chi connectivity index (χ1) is 11.2. The van der Waals surface area contributed by atoms with Gasteiger partial charge in [-0.1, -0.05) is 17.7 Å². The number of aromatic nitrogens is 1. The van der Waals surface area contributed by atoms with Crippen molar-refractivity contribution >= 4 is 24.0 Å². The van der Waals surface area contributed by atoms with E-state index in [0.29, 0.717) is 11.6 Å². The number of halogens is 1. The first-order valence-corrected chi connectivity index (χ1v) is 7.93. The molecule has 24 heavy (non-hydrogen) atoms. The number of nitrogens with zero attached hydrogens (tertiary/aromatic N) is 1. The Morgan fingerprint density at radius 1 is 1.17 bits per heavy atom. The summed E-state index contributed by atoms with van der Waals surface area (Å²) in [6.45, 7) is 3.83. The number of pyridine rings is 1. The van der Waals surface area contributed by atoms with E-state index < -0.39 is 0 Å².